The van der Waals surface area contributed by atoms with Crippen LogP contribution in [0.2, 0.25) is 0 Å². The zero-order valence-corrected chi connectivity index (χ0v) is 14.7. The molecule has 3 rings (SSSR count). The summed E-state index contributed by atoms with van der Waals surface area (Å²) in [6, 6.07) is 13.8. The van der Waals surface area contributed by atoms with Crippen LogP contribution >= 0.6 is 0 Å². The van der Waals surface area contributed by atoms with Gasteiger partial charge < -0.3 is 5.11 Å². The van der Waals surface area contributed by atoms with Gasteiger partial charge in [-0.2, -0.15) is 0 Å². The number of anilines is 1. The summed E-state index contributed by atoms with van der Waals surface area (Å²) >= 11 is 0. The van der Waals surface area contributed by atoms with Crippen molar-refractivity contribution >= 4 is 32.7 Å². The molecule has 0 fully saturated rings. The van der Waals surface area contributed by atoms with Crippen LogP contribution in [-0.4, -0.2) is 31.0 Å². The molecule has 0 amide bonds. The maximum absolute atomic E-state index is 11.9. The Balaban J connectivity index is 1.87. The highest BCUT2D eigenvalue weighted by Crippen LogP contribution is 2.20. The summed E-state index contributed by atoms with van der Waals surface area (Å²) < 4.78 is 25.0. The molecule has 0 aliphatic rings. The maximum Gasteiger partial charge on any atom is 0.258 e. The van der Waals surface area contributed by atoms with E-state index >= 15 is 0 Å². The minimum Gasteiger partial charge on any atom is -0.494 e. The standard InChI is InChI=1S/C18H17N3O4S/c1-26(24,25)21-13-6-4-5-12(9-13)10-19-11-16-14-7-2-3-8-15(14)17(22)20-18(16)23/h2-9,11,21H,10H2,1H3,(H2,20,22,23). The minimum absolute atomic E-state index is 0.245. The van der Waals surface area contributed by atoms with E-state index in [-0.39, 0.29) is 18.0 Å². The molecule has 0 saturated heterocycles. The van der Waals surface area contributed by atoms with Gasteiger partial charge in [0, 0.05) is 22.7 Å². The average molecular weight is 371 g/mol. The first-order valence-electron chi connectivity index (χ1n) is 7.74. The van der Waals surface area contributed by atoms with E-state index in [4.69, 9.17) is 0 Å². The molecule has 7 nitrogen and oxygen atoms in total. The third-order valence-corrected chi connectivity index (χ3v) is 4.28. The molecular formula is C18H17N3O4S. The maximum atomic E-state index is 11.9. The van der Waals surface area contributed by atoms with E-state index in [1.54, 1.807) is 42.5 Å². The number of aromatic hydroxyl groups is 1. The number of hydrogen-bond donors (Lipinski definition) is 3. The number of benzene rings is 2. The Hall–Kier alpha value is -3.13. The molecule has 0 aliphatic carbocycles. The lowest BCUT2D eigenvalue weighted by Crippen LogP contribution is -2.09. The van der Waals surface area contributed by atoms with Crippen LogP contribution in [0, 0.1) is 0 Å². The van der Waals surface area contributed by atoms with Crippen LogP contribution < -0.4 is 10.3 Å². The summed E-state index contributed by atoms with van der Waals surface area (Å²) in [7, 11) is -3.35. The van der Waals surface area contributed by atoms with E-state index in [0.717, 1.165) is 11.8 Å². The fraction of sp³-hybridized carbons (Fsp3) is 0.111. The zero-order chi connectivity index (χ0) is 18.7. The van der Waals surface area contributed by atoms with Gasteiger partial charge in [0.15, 0.2) is 0 Å². The van der Waals surface area contributed by atoms with Gasteiger partial charge in [-0.25, -0.2) is 8.42 Å². The second-order valence-corrected chi connectivity index (χ2v) is 7.55. The number of aliphatic imine (C=N–C) groups is 1. The van der Waals surface area contributed by atoms with Gasteiger partial charge >= 0.3 is 0 Å². The van der Waals surface area contributed by atoms with Crippen molar-refractivity contribution in [2.75, 3.05) is 11.0 Å². The topological polar surface area (TPSA) is 112 Å². The van der Waals surface area contributed by atoms with Crippen molar-refractivity contribution in [3.63, 3.8) is 0 Å². The third kappa shape index (κ3) is 4.09. The molecule has 0 saturated carbocycles. The van der Waals surface area contributed by atoms with E-state index < -0.39 is 10.0 Å². The van der Waals surface area contributed by atoms with Crippen molar-refractivity contribution in [1.29, 1.82) is 0 Å². The fourth-order valence-electron chi connectivity index (χ4n) is 2.61. The molecule has 3 aromatic rings. The highest BCUT2D eigenvalue weighted by Gasteiger charge is 2.08. The average Bonchev–Trinajstić information content (AvgIpc) is 2.57. The predicted octanol–water partition coefficient (Wildman–Crippen LogP) is 2.22. The van der Waals surface area contributed by atoms with Crippen LogP contribution in [0.5, 0.6) is 5.88 Å². The predicted molar refractivity (Wildman–Crippen MR) is 102 cm³/mol. The van der Waals surface area contributed by atoms with Gasteiger partial charge in [-0.15, -0.1) is 0 Å². The van der Waals surface area contributed by atoms with Crippen molar-refractivity contribution in [3.05, 3.63) is 70.0 Å². The first-order valence-corrected chi connectivity index (χ1v) is 9.63. The number of nitrogens with one attached hydrogen (secondary N) is 2. The number of sulfonamides is 1. The quantitative estimate of drug-likeness (QED) is 0.597. The Labute approximate surface area is 150 Å². The molecule has 2 aromatic carbocycles. The molecule has 3 N–H and O–H groups in total. The minimum atomic E-state index is -3.35. The molecule has 1 aromatic heterocycles. The number of fused-ring (bicyclic) bond motifs is 1. The summed E-state index contributed by atoms with van der Waals surface area (Å²) in [6.07, 6.45) is 2.58. The molecule has 26 heavy (non-hydrogen) atoms. The third-order valence-electron chi connectivity index (χ3n) is 3.67. The molecule has 0 spiro atoms. The lowest BCUT2D eigenvalue weighted by atomic mass is 10.1. The van der Waals surface area contributed by atoms with Crippen LogP contribution in [0.15, 0.2) is 58.3 Å². The Morgan fingerprint density at radius 2 is 1.88 bits per heavy atom. The Bertz CT molecular complexity index is 1150. The highest BCUT2D eigenvalue weighted by molar-refractivity contribution is 7.92. The van der Waals surface area contributed by atoms with Crippen molar-refractivity contribution < 1.29 is 13.5 Å². The van der Waals surface area contributed by atoms with Crippen LogP contribution in [0.4, 0.5) is 5.69 Å². The molecular weight excluding hydrogens is 354 g/mol. The molecule has 8 heteroatoms. The zero-order valence-electron chi connectivity index (χ0n) is 13.9. The van der Waals surface area contributed by atoms with Crippen LogP contribution in [-0.2, 0) is 16.6 Å². The van der Waals surface area contributed by atoms with Gasteiger partial charge in [-0.1, -0.05) is 30.3 Å². The highest BCUT2D eigenvalue weighted by atomic mass is 32.2. The molecule has 0 unspecified atom stereocenters. The second kappa shape index (κ2) is 7.01. The molecule has 134 valence electrons. The number of rotatable bonds is 5. The van der Waals surface area contributed by atoms with E-state index in [9.17, 15) is 18.3 Å². The van der Waals surface area contributed by atoms with Gasteiger partial charge in [0.25, 0.3) is 5.56 Å². The summed E-state index contributed by atoms with van der Waals surface area (Å²) in [5.41, 5.74) is 1.31. The lowest BCUT2D eigenvalue weighted by Gasteiger charge is -2.06. The SMILES string of the molecule is CS(=O)(=O)Nc1cccc(CN=Cc2c(O)[nH]c(=O)c3ccccc23)c1. The second-order valence-electron chi connectivity index (χ2n) is 5.81. The number of aromatic amines is 1. The van der Waals surface area contributed by atoms with Crippen molar-refractivity contribution in [2.45, 2.75) is 6.54 Å². The van der Waals surface area contributed by atoms with E-state index in [1.165, 1.54) is 6.21 Å². The molecule has 0 radical (unpaired) electrons. The smallest absolute Gasteiger partial charge is 0.258 e. The molecule has 1 heterocycles. The normalized spacial score (nSPS) is 11.9. The van der Waals surface area contributed by atoms with Crippen molar-refractivity contribution in [3.8, 4) is 5.88 Å². The van der Waals surface area contributed by atoms with Gasteiger partial charge in [0.2, 0.25) is 15.9 Å². The van der Waals surface area contributed by atoms with Crippen molar-refractivity contribution in [1.82, 2.24) is 4.98 Å². The van der Waals surface area contributed by atoms with Gasteiger partial charge in [-0.05, 0) is 23.8 Å². The monoisotopic (exact) mass is 371 g/mol. The Morgan fingerprint density at radius 3 is 2.62 bits per heavy atom. The molecule has 0 aliphatic heterocycles. The first-order chi connectivity index (χ1) is 12.3. The Kier molecular flexibility index (Phi) is 4.77. The van der Waals surface area contributed by atoms with Crippen LogP contribution in [0.1, 0.15) is 11.1 Å². The van der Waals surface area contributed by atoms with E-state index in [2.05, 4.69) is 14.7 Å². The summed E-state index contributed by atoms with van der Waals surface area (Å²) in [5, 5.41) is 11.1. The largest absolute Gasteiger partial charge is 0.494 e. The van der Waals surface area contributed by atoms with Gasteiger partial charge in [0.05, 0.1) is 18.4 Å². The Morgan fingerprint density at radius 1 is 1.15 bits per heavy atom. The lowest BCUT2D eigenvalue weighted by molar-refractivity contribution is 0.452. The van der Waals surface area contributed by atoms with Crippen LogP contribution in [0.3, 0.4) is 0 Å². The van der Waals surface area contributed by atoms with Gasteiger partial charge in [0.1, 0.15) is 0 Å². The number of aromatic nitrogens is 1. The van der Waals surface area contributed by atoms with E-state index in [1.807, 2.05) is 6.07 Å². The summed E-state index contributed by atoms with van der Waals surface area (Å²) in [4.78, 5) is 18.6. The number of pyridine rings is 1. The first kappa shape index (κ1) is 17.7. The molecule has 0 atom stereocenters. The number of nitrogens with zero attached hydrogens (tertiary/aromatic N) is 1. The summed E-state index contributed by atoms with van der Waals surface area (Å²) in [5.74, 6) is -0.245. The summed E-state index contributed by atoms with van der Waals surface area (Å²) in [6.45, 7) is 0.284. The molecule has 0 bridgehead atoms. The number of hydrogen-bond acceptors (Lipinski definition) is 5. The van der Waals surface area contributed by atoms with Gasteiger partial charge in [-0.3, -0.25) is 19.5 Å². The fourth-order valence-corrected chi connectivity index (χ4v) is 3.16. The number of H-pyrrole nitrogens is 1. The van der Waals surface area contributed by atoms with E-state index in [0.29, 0.717) is 22.0 Å². The van der Waals surface area contributed by atoms with Crippen LogP contribution in [0.25, 0.3) is 10.8 Å². The van der Waals surface area contributed by atoms with Crippen molar-refractivity contribution in [2.24, 2.45) is 4.99 Å².